The van der Waals surface area contributed by atoms with E-state index in [2.05, 4.69) is 4.89 Å². The van der Waals surface area contributed by atoms with Gasteiger partial charge in [-0.2, -0.15) is 0 Å². The Bertz CT molecular complexity index is 234. The average Bonchev–Trinajstić information content (AvgIpc) is 2.49. The van der Waals surface area contributed by atoms with Gasteiger partial charge in [0, 0.05) is 19.6 Å². The van der Waals surface area contributed by atoms with Crippen molar-refractivity contribution in [3.63, 3.8) is 0 Å². The van der Waals surface area contributed by atoms with E-state index < -0.39 is 0 Å². The highest BCUT2D eigenvalue weighted by Crippen LogP contribution is 2.36. The molecule has 4 unspecified atom stereocenters. The Morgan fingerprint density at radius 1 is 1.44 bits per heavy atom. The molecule has 6 atom stereocenters. The van der Waals surface area contributed by atoms with E-state index in [1.807, 2.05) is 13.8 Å². The summed E-state index contributed by atoms with van der Waals surface area (Å²) in [6, 6.07) is 0. The smallest absolute Gasteiger partial charge is 0.126 e. The average molecular weight is 232 g/mol. The first-order valence-electron chi connectivity index (χ1n) is 5.79. The van der Waals surface area contributed by atoms with Gasteiger partial charge in [-0.05, 0) is 13.3 Å². The Hall–Kier alpha value is -0.200. The first kappa shape index (κ1) is 12.3. The van der Waals surface area contributed by atoms with E-state index >= 15 is 0 Å². The fraction of sp³-hybridized carbons (Fsp3) is 1.00. The van der Waals surface area contributed by atoms with E-state index in [-0.39, 0.29) is 36.4 Å². The molecule has 0 aromatic carbocycles. The lowest BCUT2D eigenvalue weighted by Gasteiger charge is -2.30. The van der Waals surface area contributed by atoms with E-state index in [1.165, 1.54) is 0 Å². The van der Waals surface area contributed by atoms with Gasteiger partial charge in [0.2, 0.25) is 0 Å². The predicted molar refractivity (Wildman–Crippen MR) is 56.2 cm³/mol. The molecule has 0 aliphatic carbocycles. The Labute approximate surface area is 95.6 Å². The molecule has 2 fully saturated rings. The van der Waals surface area contributed by atoms with Gasteiger partial charge in [0.1, 0.15) is 18.3 Å². The maximum atomic E-state index is 8.97. The van der Waals surface area contributed by atoms with Crippen LogP contribution in [0.4, 0.5) is 0 Å². The number of methoxy groups -OCH3 is 1. The second kappa shape index (κ2) is 4.98. The van der Waals surface area contributed by atoms with Gasteiger partial charge in [-0.25, -0.2) is 4.89 Å². The van der Waals surface area contributed by atoms with Crippen molar-refractivity contribution in [1.29, 1.82) is 0 Å². The minimum Gasteiger partial charge on any atom is -0.379 e. The Balaban J connectivity index is 2.15. The molecule has 2 aliphatic heterocycles. The highest BCUT2D eigenvalue weighted by atomic mass is 17.1. The SMILES string of the molecule is CO[C@@H](C)C1OCC[C@H]2OC1C(OO)C2C. The number of rotatable bonds is 3. The number of fused-ring (bicyclic) bond motifs is 2. The van der Waals surface area contributed by atoms with Gasteiger partial charge in [0.25, 0.3) is 0 Å². The third kappa shape index (κ3) is 1.98. The van der Waals surface area contributed by atoms with Crippen LogP contribution >= 0.6 is 0 Å². The normalized spacial score (nSPS) is 45.4. The molecule has 94 valence electrons. The van der Waals surface area contributed by atoms with Crippen LogP contribution in [0.25, 0.3) is 0 Å². The summed E-state index contributed by atoms with van der Waals surface area (Å²) in [6.07, 6.45) is 0.111. The quantitative estimate of drug-likeness (QED) is 0.582. The minimum atomic E-state index is -0.326. The third-order valence-electron chi connectivity index (χ3n) is 3.75. The van der Waals surface area contributed by atoms with E-state index in [9.17, 15) is 0 Å². The molecule has 2 rings (SSSR count). The zero-order chi connectivity index (χ0) is 11.7. The highest BCUT2D eigenvalue weighted by molar-refractivity contribution is 4.96. The lowest BCUT2D eigenvalue weighted by atomic mass is 9.92. The van der Waals surface area contributed by atoms with Crippen molar-refractivity contribution in [1.82, 2.24) is 0 Å². The monoisotopic (exact) mass is 232 g/mol. The van der Waals surface area contributed by atoms with Gasteiger partial charge < -0.3 is 14.2 Å². The van der Waals surface area contributed by atoms with Crippen LogP contribution in [0.5, 0.6) is 0 Å². The van der Waals surface area contributed by atoms with Crippen LogP contribution < -0.4 is 0 Å². The van der Waals surface area contributed by atoms with Gasteiger partial charge in [-0.15, -0.1) is 0 Å². The first-order chi connectivity index (χ1) is 7.69. The number of ether oxygens (including phenoxy) is 3. The molecule has 2 heterocycles. The van der Waals surface area contributed by atoms with Crippen molar-refractivity contribution >= 4 is 0 Å². The van der Waals surface area contributed by atoms with Gasteiger partial charge >= 0.3 is 0 Å². The fourth-order valence-electron chi connectivity index (χ4n) is 2.62. The van der Waals surface area contributed by atoms with Gasteiger partial charge in [-0.3, -0.25) is 5.26 Å². The molecule has 5 nitrogen and oxygen atoms in total. The second-order valence-corrected chi connectivity index (χ2v) is 4.63. The molecule has 2 aliphatic rings. The zero-order valence-electron chi connectivity index (χ0n) is 9.96. The van der Waals surface area contributed by atoms with Crippen LogP contribution in [0.1, 0.15) is 20.3 Å². The van der Waals surface area contributed by atoms with Crippen LogP contribution in [0.2, 0.25) is 0 Å². The lowest BCUT2D eigenvalue weighted by molar-refractivity contribution is -0.302. The fourth-order valence-corrected chi connectivity index (χ4v) is 2.62. The summed E-state index contributed by atoms with van der Waals surface area (Å²) in [6.45, 7) is 4.64. The molecule has 0 amide bonds. The molecule has 0 radical (unpaired) electrons. The van der Waals surface area contributed by atoms with Gasteiger partial charge in [0.15, 0.2) is 0 Å². The molecule has 0 aromatic rings. The Kier molecular flexibility index (Phi) is 3.81. The van der Waals surface area contributed by atoms with E-state index in [0.717, 1.165) is 6.42 Å². The summed E-state index contributed by atoms with van der Waals surface area (Å²) < 4.78 is 16.9. The third-order valence-corrected chi connectivity index (χ3v) is 3.75. The predicted octanol–water partition coefficient (Wildman–Crippen LogP) is 1.07. The van der Waals surface area contributed by atoms with Crippen LogP contribution in [0.15, 0.2) is 0 Å². The minimum absolute atomic E-state index is 0.0771. The van der Waals surface area contributed by atoms with Gasteiger partial charge in [0.05, 0.1) is 12.2 Å². The summed E-state index contributed by atoms with van der Waals surface area (Å²) in [5.41, 5.74) is 0. The standard InChI is InChI=1S/C11H20O5/c1-6-8-4-5-14-10(7(2)13-3)11(15-8)9(6)16-12/h6-12H,4-5H2,1-3H3/t6?,7-,8+,9?,10?,11?/m0/s1. The molecule has 2 saturated heterocycles. The number of hydrogen-bond acceptors (Lipinski definition) is 5. The van der Waals surface area contributed by atoms with Crippen molar-refractivity contribution in [2.45, 2.75) is 50.8 Å². The van der Waals surface area contributed by atoms with Crippen molar-refractivity contribution in [3.05, 3.63) is 0 Å². The summed E-state index contributed by atoms with van der Waals surface area (Å²) in [5.74, 6) is 0.186. The number of hydrogen-bond donors (Lipinski definition) is 1. The molecule has 1 N–H and O–H groups in total. The topological polar surface area (TPSA) is 57.2 Å². The van der Waals surface area contributed by atoms with E-state index in [4.69, 9.17) is 19.5 Å². The van der Waals surface area contributed by atoms with Crippen molar-refractivity contribution in [2.75, 3.05) is 13.7 Å². The first-order valence-corrected chi connectivity index (χ1v) is 5.79. The Morgan fingerprint density at radius 3 is 2.81 bits per heavy atom. The molecule has 2 bridgehead atoms. The van der Waals surface area contributed by atoms with Crippen LogP contribution in [0, 0.1) is 5.92 Å². The molecule has 5 heteroatoms. The maximum Gasteiger partial charge on any atom is 0.126 e. The van der Waals surface area contributed by atoms with Crippen LogP contribution in [-0.2, 0) is 19.1 Å². The molecule has 0 aromatic heterocycles. The van der Waals surface area contributed by atoms with Crippen molar-refractivity contribution in [2.24, 2.45) is 5.92 Å². The van der Waals surface area contributed by atoms with Crippen molar-refractivity contribution < 1.29 is 24.4 Å². The summed E-state index contributed by atoms with van der Waals surface area (Å²) in [5, 5.41) is 8.97. The van der Waals surface area contributed by atoms with E-state index in [1.54, 1.807) is 7.11 Å². The van der Waals surface area contributed by atoms with Crippen molar-refractivity contribution in [3.8, 4) is 0 Å². The zero-order valence-corrected chi connectivity index (χ0v) is 9.96. The van der Waals surface area contributed by atoms with Gasteiger partial charge in [-0.1, -0.05) is 6.92 Å². The molecule has 16 heavy (non-hydrogen) atoms. The highest BCUT2D eigenvalue weighted by Gasteiger charge is 2.50. The maximum absolute atomic E-state index is 8.97. The summed E-state index contributed by atoms with van der Waals surface area (Å²) in [7, 11) is 1.64. The molecular formula is C11H20O5. The van der Waals surface area contributed by atoms with E-state index in [0.29, 0.717) is 6.61 Å². The second-order valence-electron chi connectivity index (χ2n) is 4.63. The molecule has 0 saturated carbocycles. The van der Waals surface area contributed by atoms with Crippen LogP contribution in [0.3, 0.4) is 0 Å². The molecular weight excluding hydrogens is 212 g/mol. The summed E-state index contributed by atoms with van der Waals surface area (Å²) in [4.78, 5) is 4.56. The lowest BCUT2D eigenvalue weighted by Crippen LogP contribution is -2.46. The molecule has 0 spiro atoms. The Morgan fingerprint density at radius 2 is 2.19 bits per heavy atom. The van der Waals surface area contributed by atoms with Crippen LogP contribution in [-0.4, -0.2) is 49.5 Å². The largest absolute Gasteiger partial charge is 0.379 e. The summed E-state index contributed by atoms with van der Waals surface area (Å²) >= 11 is 0.